The summed E-state index contributed by atoms with van der Waals surface area (Å²) in [6, 6.07) is 6.20. The van der Waals surface area contributed by atoms with Gasteiger partial charge >= 0.3 is 5.97 Å². The van der Waals surface area contributed by atoms with Crippen LogP contribution in [0, 0.1) is 16.0 Å². The van der Waals surface area contributed by atoms with Crippen LogP contribution in [0.4, 0.5) is 5.69 Å². The molecule has 7 nitrogen and oxygen atoms in total. The lowest BCUT2D eigenvalue weighted by molar-refractivity contribution is -0.385. The minimum atomic E-state index is -0.492. The number of esters is 1. The number of benzene rings is 1. The molecule has 0 aliphatic carbocycles. The summed E-state index contributed by atoms with van der Waals surface area (Å²) in [6.07, 6.45) is 0.0515. The Morgan fingerprint density at radius 2 is 1.96 bits per heavy atom. The third-order valence-corrected chi connectivity index (χ3v) is 3.36. The van der Waals surface area contributed by atoms with Gasteiger partial charge < -0.3 is 9.64 Å². The van der Waals surface area contributed by atoms with Gasteiger partial charge in [-0.3, -0.25) is 19.7 Å². The summed E-state index contributed by atoms with van der Waals surface area (Å²) in [5.74, 6) is -0.367. The molecule has 0 heterocycles. The van der Waals surface area contributed by atoms with Crippen molar-refractivity contribution < 1.29 is 19.2 Å². The van der Waals surface area contributed by atoms with Crippen LogP contribution in [0.25, 0.3) is 0 Å². The standard InChI is InChI=1S/C17H24N2O5/c1-4-24-17(21)9-10-18(12-13(2)3)16(20)11-14-7-5-6-8-15(14)19(22)23/h5-8,13H,4,9-12H2,1-3H3. The topological polar surface area (TPSA) is 89.8 Å². The van der Waals surface area contributed by atoms with Gasteiger partial charge in [0.25, 0.3) is 5.69 Å². The Morgan fingerprint density at radius 3 is 2.54 bits per heavy atom. The highest BCUT2D eigenvalue weighted by Gasteiger charge is 2.21. The Morgan fingerprint density at radius 1 is 1.29 bits per heavy atom. The molecule has 0 fully saturated rings. The minimum absolute atomic E-state index is 0.0628. The van der Waals surface area contributed by atoms with E-state index in [0.29, 0.717) is 18.7 Å². The second-order valence-corrected chi connectivity index (χ2v) is 5.85. The predicted octanol–water partition coefficient (Wildman–Crippen LogP) is 2.58. The highest BCUT2D eigenvalue weighted by Crippen LogP contribution is 2.19. The molecule has 1 aromatic rings. The summed E-state index contributed by atoms with van der Waals surface area (Å²) in [5.41, 5.74) is 0.304. The van der Waals surface area contributed by atoms with Crippen molar-refractivity contribution in [2.45, 2.75) is 33.6 Å². The molecule has 0 N–H and O–H groups in total. The first-order valence-electron chi connectivity index (χ1n) is 8.00. The van der Waals surface area contributed by atoms with Crippen LogP contribution in [0.5, 0.6) is 0 Å². The monoisotopic (exact) mass is 336 g/mol. The van der Waals surface area contributed by atoms with Crippen LogP contribution < -0.4 is 0 Å². The molecular formula is C17H24N2O5. The number of carbonyl (C=O) groups excluding carboxylic acids is 2. The van der Waals surface area contributed by atoms with E-state index in [-0.39, 0.29) is 42.9 Å². The van der Waals surface area contributed by atoms with E-state index in [9.17, 15) is 19.7 Å². The lowest BCUT2D eigenvalue weighted by Gasteiger charge is -2.24. The highest BCUT2D eigenvalue weighted by atomic mass is 16.6. The largest absolute Gasteiger partial charge is 0.466 e. The van der Waals surface area contributed by atoms with Crippen LogP contribution in [0.15, 0.2) is 24.3 Å². The molecule has 0 aliphatic rings. The summed E-state index contributed by atoms with van der Waals surface area (Å²) in [5, 5.41) is 11.1. The Bertz CT molecular complexity index is 586. The van der Waals surface area contributed by atoms with Gasteiger partial charge in [-0.15, -0.1) is 0 Å². The first-order valence-corrected chi connectivity index (χ1v) is 8.00. The number of ether oxygens (including phenoxy) is 1. The van der Waals surface area contributed by atoms with E-state index in [2.05, 4.69) is 0 Å². The number of para-hydroxylation sites is 1. The summed E-state index contributed by atoms with van der Waals surface area (Å²) in [4.78, 5) is 36.2. The molecule has 1 amide bonds. The lowest BCUT2D eigenvalue weighted by atomic mass is 10.1. The molecule has 132 valence electrons. The van der Waals surface area contributed by atoms with Gasteiger partial charge in [0.2, 0.25) is 5.91 Å². The van der Waals surface area contributed by atoms with Gasteiger partial charge in [-0.25, -0.2) is 0 Å². The fourth-order valence-corrected chi connectivity index (χ4v) is 2.33. The summed E-state index contributed by atoms with van der Waals surface area (Å²) in [6.45, 7) is 6.69. The normalized spacial score (nSPS) is 10.5. The molecule has 0 saturated carbocycles. The van der Waals surface area contributed by atoms with E-state index in [1.165, 1.54) is 6.07 Å². The van der Waals surface area contributed by atoms with E-state index in [0.717, 1.165) is 0 Å². The van der Waals surface area contributed by atoms with Crippen molar-refractivity contribution in [2.75, 3.05) is 19.7 Å². The van der Waals surface area contributed by atoms with Crippen molar-refractivity contribution in [1.82, 2.24) is 4.90 Å². The Balaban J connectivity index is 2.81. The number of nitro benzene ring substituents is 1. The zero-order valence-electron chi connectivity index (χ0n) is 14.4. The number of nitro groups is 1. The molecule has 0 bridgehead atoms. The van der Waals surface area contributed by atoms with Gasteiger partial charge in [0.1, 0.15) is 0 Å². The number of rotatable bonds is 9. The van der Waals surface area contributed by atoms with Gasteiger partial charge in [-0.05, 0) is 12.8 Å². The Hall–Kier alpha value is -2.44. The van der Waals surface area contributed by atoms with Gasteiger partial charge in [0.15, 0.2) is 0 Å². The number of nitrogens with zero attached hydrogens (tertiary/aromatic N) is 2. The third-order valence-electron chi connectivity index (χ3n) is 3.36. The van der Waals surface area contributed by atoms with Crippen molar-refractivity contribution in [2.24, 2.45) is 5.92 Å². The van der Waals surface area contributed by atoms with E-state index in [1.54, 1.807) is 30.0 Å². The lowest BCUT2D eigenvalue weighted by Crippen LogP contribution is -2.37. The molecule has 24 heavy (non-hydrogen) atoms. The molecule has 0 atom stereocenters. The van der Waals surface area contributed by atoms with Crippen LogP contribution in [-0.4, -0.2) is 41.4 Å². The number of hydrogen-bond donors (Lipinski definition) is 0. The van der Waals surface area contributed by atoms with Crippen LogP contribution >= 0.6 is 0 Å². The van der Waals surface area contributed by atoms with E-state index < -0.39 is 4.92 Å². The fourth-order valence-electron chi connectivity index (χ4n) is 2.33. The maximum atomic E-state index is 12.5. The van der Waals surface area contributed by atoms with Crippen LogP contribution in [0.2, 0.25) is 0 Å². The molecule has 0 saturated heterocycles. The van der Waals surface area contributed by atoms with Crippen molar-refractivity contribution in [3.05, 3.63) is 39.9 Å². The maximum Gasteiger partial charge on any atom is 0.307 e. The first-order chi connectivity index (χ1) is 11.3. The molecule has 1 rings (SSSR count). The smallest absolute Gasteiger partial charge is 0.307 e. The summed E-state index contributed by atoms with van der Waals surface area (Å²) < 4.78 is 4.88. The Kier molecular flexibility index (Phi) is 7.88. The SMILES string of the molecule is CCOC(=O)CCN(CC(C)C)C(=O)Cc1ccccc1[N+](=O)[O-]. The summed E-state index contributed by atoms with van der Waals surface area (Å²) in [7, 11) is 0. The summed E-state index contributed by atoms with van der Waals surface area (Å²) >= 11 is 0. The quantitative estimate of drug-likeness (QED) is 0.393. The molecule has 0 spiro atoms. The average molecular weight is 336 g/mol. The van der Waals surface area contributed by atoms with Crippen LogP contribution in [0.1, 0.15) is 32.8 Å². The molecule has 0 aromatic heterocycles. The first kappa shape index (κ1) is 19.6. The molecule has 1 aromatic carbocycles. The fraction of sp³-hybridized carbons (Fsp3) is 0.529. The second kappa shape index (κ2) is 9.64. The van der Waals surface area contributed by atoms with Crippen LogP contribution in [-0.2, 0) is 20.7 Å². The maximum absolute atomic E-state index is 12.5. The predicted molar refractivity (Wildman–Crippen MR) is 89.5 cm³/mol. The van der Waals surface area contributed by atoms with Gasteiger partial charge in [0.05, 0.1) is 24.4 Å². The highest BCUT2D eigenvalue weighted by molar-refractivity contribution is 5.80. The van der Waals surface area contributed by atoms with Crippen LogP contribution in [0.3, 0.4) is 0 Å². The number of amides is 1. The molecule has 7 heteroatoms. The number of carbonyl (C=O) groups is 2. The zero-order chi connectivity index (χ0) is 18.1. The zero-order valence-corrected chi connectivity index (χ0v) is 14.4. The molecule has 0 unspecified atom stereocenters. The number of hydrogen-bond acceptors (Lipinski definition) is 5. The van der Waals surface area contributed by atoms with E-state index in [1.807, 2.05) is 13.8 Å². The third kappa shape index (κ3) is 6.36. The molecule has 0 radical (unpaired) electrons. The van der Waals surface area contributed by atoms with Crippen molar-refractivity contribution in [3.8, 4) is 0 Å². The van der Waals surface area contributed by atoms with Crippen molar-refractivity contribution in [1.29, 1.82) is 0 Å². The van der Waals surface area contributed by atoms with E-state index in [4.69, 9.17) is 4.74 Å². The minimum Gasteiger partial charge on any atom is -0.466 e. The van der Waals surface area contributed by atoms with Gasteiger partial charge in [-0.2, -0.15) is 0 Å². The van der Waals surface area contributed by atoms with E-state index >= 15 is 0 Å². The second-order valence-electron chi connectivity index (χ2n) is 5.85. The molecular weight excluding hydrogens is 312 g/mol. The van der Waals surface area contributed by atoms with Gasteiger partial charge in [0, 0.05) is 24.7 Å². The van der Waals surface area contributed by atoms with Gasteiger partial charge in [-0.1, -0.05) is 32.0 Å². The molecule has 0 aliphatic heterocycles. The van der Waals surface area contributed by atoms with Crippen molar-refractivity contribution in [3.63, 3.8) is 0 Å². The average Bonchev–Trinajstić information content (AvgIpc) is 2.51. The van der Waals surface area contributed by atoms with Crippen molar-refractivity contribution >= 4 is 17.6 Å². The Labute approximate surface area is 141 Å².